The summed E-state index contributed by atoms with van der Waals surface area (Å²) in [6, 6.07) is 0. The molecule has 1 saturated carbocycles. The highest BCUT2D eigenvalue weighted by Crippen LogP contribution is 2.38. The summed E-state index contributed by atoms with van der Waals surface area (Å²) in [5.74, 6) is 1.46. The SMILES string of the molecule is CC(C)[C@@]1(O)CN(C(=O)c2cnc(C3CC3)nc2)C[C@@H]1C. The van der Waals surface area contributed by atoms with E-state index in [9.17, 15) is 9.90 Å². The van der Waals surface area contributed by atoms with Gasteiger partial charge >= 0.3 is 0 Å². The van der Waals surface area contributed by atoms with Crippen LogP contribution in [0.5, 0.6) is 0 Å². The zero-order valence-electron chi connectivity index (χ0n) is 12.9. The zero-order chi connectivity index (χ0) is 15.2. The van der Waals surface area contributed by atoms with Crippen LogP contribution in [0.25, 0.3) is 0 Å². The third-order valence-corrected chi connectivity index (χ3v) is 4.94. The molecule has 3 rings (SSSR count). The highest BCUT2D eigenvalue weighted by Gasteiger charge is 2.46. The van der Waals surface area contributed by atoms with Crippen molar-refractivity contribution in [2.24, 2.45) is 11.8 Å². The van der Waals surface area contributed by atoms with Gasteiger partial charge in [0.15, 0.2) is 0 Å². The molecule has 1 aromatic heterocycles. The van der Waals surface area contributed by atoms with E-state index >= 15 is 0 Å². The molecule has 5 heteroatoms. The number of aromatic nitrogens is 2. The standard InChI is InChI=1S/C16H23N3O2/c1-10(2)16(21)9-19(8-11(16)3)15(20)13-6-17-14(18-7-13)12-4-5-12/h6-7,10-12,21H,4-5,8-9H2,1-3H3/t11-,16-/m0/s1. The van der Waals surface area contributed by atoms with Crippen LogP contribution in [0.3, 0.4) is 0 Å². The first-order chi connectivity index (χ1) is 9.91. The van der Waals surface area contributed by atoms with E-state index in [2.05, 4.69) is 9.97 Å². The molecule has 0 aromatic carbocycles. The highest BCUT2D eigenvalue weighted by atomic mass is 16.3. The van der Waals surface area contributed by atoms with Crippen LogP contribution in [-0.4, -0.2) is 44.6 Å². The van der Waals surface area contributed by atoms with Crippen LogP contribution in [0.15, 0.2) is 12.4 Å². The van der Waals surface area contributed by atoms with Crippen molar-refractivity contribution in [1.29, 1.82) is 0 Å². The zero-order valence-corrected chi connectivity index (χ0v) is 12.9. The van der Waals surface area contributed by atoms with Gasteiger partial charge in [0, 0.05) is 30.8 Å². The van der Waals surface area contributed by atoms with Crippen LogP contribution >= 0.6 is 0 Å². The molecule has 1 saturated heterocycles. The number of carbonyl (C=O) groups excluding carboxylic acids is 1. The van der Waals surface area contributed by atoms with Crippen LogP contribution in [0.4, 0.5) is 0 Å². The average molecular weight is 289 g/mol. The molecule has 1 aromatic rings. The summed E-state index contributed by atoms with van der Waals surface area (Å²) in [6.07, 6.45) is 5.55. The second-order valence-electron chi connectivity index (χ2n) is 6.84. The Morgan fingerprint density at radius 3 is 2.48 bits per heavy atom. The molecular formula is C16H23N3O2. The van der Waals surface area contributed by atoms with Gasteiger partial charge in [0.1, 0.15) is 5.82 Å². The van der Waals surface area contributed by atoms with E-state index in [1.807, 2.05) is 20.8 Å². The summed E-state index contributed by atoms with van der Waals surface area (Å²) in [6.45, 7) is 6.96. The molecule has 114 valence electrons. The maximum Gasteiger partial charge on any atom is 0.257 e. The molecule has 1 amide bonds. The molecule has 21 heavy (non-hydrogen) atoms. The van der Waals surface area contributed by atoms with Gasteiger partial charge < -0.3 is 10.0 Å². The monoisotopic (exact) mass is 289 g/mol. The van der Waals surface area contributed by atoms with Crippen molar-refractivity contribution in [3.63, 3.8) is 0 Å². The van der Waals surface area contributed by atoms with Crippen molar-refractivity contribution in [2.45, 2.75) is 45.1 Å². The number of likely N-dealkylation sites (tertiary alicyclic amines) is 1. The van der Waals surface area contributed by atoms with E-state index < -0.39 is 5.60 Å². The van der Waals surface area contributed by atoms with Crippen LogP contribution in [-0.2, 0) is 0 Å². The Morgan fingerprint density at radius 2 is 2.00 bits per heavy atom. The first-order valence-corrected chi connectivity index (χ1v) is 7.75. The Bertz CT molecular complexity index is 539. The van der Waals surface area contributed by atoms with Gasteiger partial charge in [0.25, 0.3) is 5.91 Å². The normalized spacial score (nSPS) is 29.2. The number of carbonyl (C=O) groups is 1. The van der Waals surface area contributed by atoms with Crippen molar-refractivity contribution in [3.05, 3.63) is 23.8 Å². The predicted molar refractivity (Wildman–Crippen MR) is 78.9 cm³/mol. The van der Waals surface area contributed by atoms with Crippen LogP contribution in [0, 0.1) is 11.8 Å². The van der Waals surface area contributed by atoms with E-state index in [1.165, 1.54) is 0 Å². The maximum absolute atomic E-state index is 12.5. The Kier molecular flexibility index (Phi) is 3.48. The average Bonchev–Trinajstić information content (AvgIpc) is 3.25. The molecule has 2 fully saturated rings. The lowest BCUT2D eigenvalue weighted by molar-refractivity contribution is -0.0243. The van der Waals surface area contributed by atoms with E-state index in [0.717, 1.165) is 18.7 Å². The summed E-state index contributed by atoms with van der Waals surface area (Å²) in [5.41, 5.74) is -0.288. The summed E-state index contributed by atoms with van der Waals surface area (Å²) >= 11 is 0. The fourth-order valence-corrected chi connectivity index (χ4v) is 3.10. The molecule has 1 aliphatic heterocycles. The smallest absolute Gasteiger partial charge is 0.257 e. The Balaban J connectivity index is 1.73. The minimum absolute atomic E-state index is 0.0769. The lowest BCUT2D eigenvalue weighted by Crippen LogP contribution is -2.43. The van der Waals surface area contributed by atoms with Gasteiger partial charge in [-0.3, -0.25) is 4.79 Å². The molecule has 2 aliphatic rings. The third-order valence-electron chi connectivity index (χ3n) is 4.94. The molecule has 1 N–H and O–H groups in total. The Labute approximate surface area is 125 Å². The molecule has 5 nitrogen and oxygen atoms in total. The van der Waals surface area contributed by atoms with Gasteiger partial charge in [-0.15, -0.1) is 0 Å². The second kappa shape index (κ2) is 5.05. The number of rotatable bonds is 3. The topological polar surface area (TPSA) is 66.3 Å². The van der Waals surface area contributed by atoms with Crippen molar-refractivity contribution >= 4 is 5.91 Å². The van der Waals surface area contributed by atoms with E-state index in [1.54, 1.807) is 17.3 Å². The van der Waals surface area contributed by atoms with Gasteiger partial charge in [-0.25, -0.2) is 9.97 Å². The van der Waals surface area contributed by atoms with Gasteiger partial charge in [0.05, 0.1) is 17.7 Å². The number of aliphatic hydroxyl groups is 1. The van der Waals surface area contributed by atoms with Crippen molar-refractivity contribution in [3.8, 4) is 0 Å². The summed E-state index contributed by atoms with van der Waals surface area (Å²) in [7, 11) is 0. The predicted octanol–water partition coefficient (Wildman–Crippen LogP) is 1.83. The highest BCUT2D eigenvalue weighted by molar-refractivity contribution is 5.93. The number of amides is 1. The van der Waals surface area contributed by atoms with Crippen LogP contribution in [0.2, 0.25) is 0 Å². The first-order valence-electron chi connectivity index (χ1n) is 7.75. The first kappa shape index (κ1) is 14.4. The van der Waals surface area contributed by atoms with Crippen molar-refractivity contribution in [1.82, 2.24) is 14.9 Å². The van der Waals surface area contributed by atoms with Gasteiger partial charge in [-0.1, -0.05) is 20.8 Å². The largest absolute Gasteiger partial charge is 0.387 e. The summed E-state index contributed by atoms with van der Waals surface area (Å²) in [4.78, 5) is 22.9. The lowest BCUT2D eigenvalue weighted by atomic mass is 9.82. The van der Waals surface area contributed by atoms with Gasteiger partial charge in [0.2, 0.25) is 0 Å². The van der Waals surface area contributed by atoms with Crippen molar-refractivity contribution in [2.75, 3.05) is 13.1 Å². The molecule has 1 aliphatic carbocycles. The van der Waals surface area contributed by atoms with Crippen LogP contribution in [0.1, 0.15) is 55.7 Å². The second-order valence-corrected chi connectivity index (χ2v) is 6.84. The Morgan fingerprint density at radius 1 is 1.38 bits per heavy atom. The fourth-order valence-electron chi connectivity index (χ4n) is 3.10. The molecule has 2 atom stereocenters. The number of β-amino-alcohol motifs (C(OH)–C–C–N with tert-alkyl or cyclic N) is 1. The number of hydrogen-bond donors (Lipinski definition) is 1. The number of nitrogens with zero attached hydrogens (tertiary/aromatic N) is 3. The minimum Gasteiger partial charge on any atom is -0.387 e. The maximum atomic E-state index is 12.5. The van der Waals surface area contributed by atoms with Crippen LogP contribution < -0.4 is 0 Å². The lowest BCUT2D eigenvalue weighted by Gasteiger charge is -2.30. The molecular weight excluding hydrogens is 266 g/mol. The van der Waals surface area contributed by atoms with E-state index in [-0.39, 0.29) is 17.7 Å². The van der Waals surface area contributed by atoms with E-state index in [4.69, 9.17) is 0 Å². The molecule has 0 unspecified atom stereocenters. The third kappa shape index (κ3) is 2.55. The molecule has 0 spiro atoms. The summed E-state index contributed by atoms with van der Waals surface area (Å²) < 4.78 is 0. The minimum atomic E-state index is -0.801. The molecule has 0 bridgehead atoms. The quantitative estimate of drug-likeness (QED) is 0.922. The molecule has 2 heterocycles. The molecule has 0 radical (unpaired) electrons. The van der Waals surface area contributed by atoms with Gasteiger partial charge in [-0.05, 0) is 18.8 Å². The van der Waals surface area contributed by atoms with E-state index in [0.29, 0.717) is 24.6 Å². The Hall–Kier alpha value is -1.49. The van der Waals surface area contributed by atoms with Gasteiger partial charge in [-0.2, -0.15) is 0 Å². The van der Waals surface area contributed by atoms with Crippen molar-refractivity contribution < 1.29 is 9.90 Å². The summed E-state index contributed by atoms with van der Waals surface area (Å²) in [5, 5.41) is 10.7. The fraction of sp³-hybridized carbons (Fsp3) is 0.688. The number of hydrogen-bond acceptors (Lipinski definition) is 4.